The Kier molecular flexibility index (Phi) is 3.69. The Labute approximate surface area is 140 Å². The fraction of sp³-hybridized carbons (Fsp3) is 0.316. The van der Waals surface area contributed by atoms with Crippen LogP contribution in [0.2, 0.25) is 0 Å². The molecule has 0 spiro atoms. The van der Waals surface area contributed by atoms with Crippen LogP contribution in [0.5, 0.6) is 0 Å². The summed E-state index contributed by atoms with van der Waals surface area (Å²) in [7, 11) is 0. The lowest BCUT2D eigenvalue weighted by Crippen LogP contribution is -2.45. The minimum Gasteiger partial charge on any atom is -0.353 e. The van der Waals surface area contributed by atoms with E-state index in [4.69, 9.17) is 0 Å². The lowest BCUT2D eigenvalue weighted by Gasteiger charge is -2.27. The van der Waals surface area contributed by atoms with Gasteiger partial charge in [-0.15, -0.1) is 11.3 Å². The molecule has 4 heteroatoms. The Bertz CT molecular complexity index is 776. The van der Waals surface area contributed by atoms with Gasteiger partial charge in [0.05, 0.1) is 5.56 Å². The van der Waals surface area contributed by atoms with Crippen molar-refractivity contribution in [2.75, 3.05) is 5.32 Å². The molecule has 118 valence electrons. The van der Waals surface area contributed by atoms with E-state index >= 15 is 0 Å². The largest absolute Gasteiger partial charge is 0.353 e. The molecule has 2 N–H and O–H groups in total. The van der Waals surface area contributed by atoms with Crippen molar-refractivity contribution in [1.82, 2.24) is 5.32 Å². The molecule has 1 aromatic heterocycles. The maximum atomic E-state index is 12.6. The molecule has 23 heavy (non-hydrogen) atoms. The summed E-state index contributed by atoms with van der Waals surface area (Å²) in [6.45, 7) is 2.06. The van der Waals surface area contributed by atoms with Gasteiger partial charge in [-0.25, -0.2) is 0 Å². The van der Waals surface area contributed by atoms with E-state index in [0.717, 1.165) is 34.5 Å². The van der Waals surface area contributed by atoms with Crippen LogP contribution in [-0.2, 0) is 12.8 Å². The third kappa shape index (κ3) is 2.68. The molecule has 0 saturated heterocycles. The summed E-state index contributed by atoms with van der Waals surface area (Å²) in [6, 6.07) is 10.2. The van der Waals surface area contributed by atoms with E-state index in [-0.39, 0.29) is 12.1 Å². The van der Waals surface area contributed by atoms with E-state index in [1.165, 1.54) is 23.3 Å². The van der Waals surface area contributed by atoms with Gasteiger partial charge in [0.15, 0.2) is 0 Å². The first kappa shape index (κ1) is 14.5. The molecule has 0 radical (unpaired) electrons. The normalized spacial score (nSPS) is 20.3. The maximum absolute atomic E-state index is 12.6. The highest BCUT2D eigenvalue weighted by molar-refractivity contribution is 7.16. The molecule has 1 aromatic carbocycles. The van der Waals surface area contributed by atoms with Gasteiger partial charge in [0, 0.05) is 4.88 Å². The van der Waals surface area contributed by atoms with Crippen molar-refractivity contribution in [3.8, 4) is 0 Å². The zero-order chi connectivity index (χ0) is 15.8. The number of carbonyl (C=O) groups is 1. The second-order valence-corrected chi connectivity index (χ2v) is 7.37. The number of benzene rings is 1. The topological polar surface area (TPSA) is 41.1 Å². The van der Waals surface area contributed by atoms with Crippen LogP contribution in [0.4, 0.5) is 5.00 Å². The third-order valence-electron chi connectivity index (χ3n) is 4.60. The lowest BCUT2D eigenvalue weighted by atomic mass is 9.94. The average Bonchev–Trinajstić information content (AvgIpc) is 2.94. The van der Waals surface area contributed by atoms with E-state index in [9.17, 15) is 4.79 Å². The van der Waals surface area contributed by atoms with Gasteiger partial charge in [0.1, 0.15) is 11.2 Å². The van der Waals surface area contributed by atoms with Gasteiger partial charge in [0.25, 0.3) is 5.91 Å². The minimum atomic E-state index is -0.129. The highest BCUT2D eigenvalue weighted by Gasteiger charge is 2.31. The number of nitrogens with one attached hydrogen (secondary N) is 2. The second-order valence-electron chi connectivity index (χ2n) is 6.26. The fourth-order valence-electron chi connectivity index (χ4n) is 3.40. The quantitative estimate of drug-likeness (QED) is 0.869. The average molecular weight is 324 g/mol. The van der Waals surface area contributed by atoms with Crippen LogP contribution in [0.25, 0.3) is 6.08 Å². The summed E-state index contributed by atoms with van der Waals surface area (Å²) in [5.74, 6) is 0.0731. The van der Waals surface area contributed by atoms with Crippen LogP contribution in [0.1, 0.15) is 46.1 Å². The number of aryl methyl sites for hydroxylation is 1. The SMILES string of the molecule is C/C(=C/c1ccccc1)C1NC(=O)c2c(sc3c2CCCC3)N1. The van der Waals surface area contributed by atoms with E-state index in [2.05, 4.69) is 35.8 Å². The summed E-state index contributed by atoms with van der Waals surface area (Å²) < 4.78 is 0. The molecule has 1 aliphatic carbocycles. The predicted molar refractivity (Wildman–Crippen MR) is 95.9 cm³/mol. The van der Waals surface area contributed by atoms with Crippen LogP contribution < -0.4 is 10.6 Å². The number of thiophene rings is 1. The maximum Gasteiger partial charge on any atom is 0.256 e. The molecule has 0 fully saturated rings. The number of fused-ring (bicyclic) bond motifs is 3. The number of rotatable bonds is 2. The number of hydrogen-bond donors (Lipinski definition) is 2. The van der Waals surface area contributed by atoms with Gasteiger partial charge in [-0.2, -0.15) is 0 Å². The van der Waals surface area contributed by atoms with Crippen LogP contribution in [0.3, 0.4) is 0 Å². The van der Waals surface area contributed by atoms with Crippen molar-refractivity contribution in [2.45, 2.75) is 38.8 Å². The van der Waals surface area contributed by atoms with Gasteiger partial charge in [0.2, 0.25) is 0 Å². The number of carbonyl (C=O) groups excluding carboxylic acids is 1. The summed E-state index contributed by atoms with van der Waals surface area (Å²) >= 11 is 1.77. The molecule has 4 rings (SSSR count). The third-order valence-corrected chi connectivity index (χ3v) is 5.82. The van der Waals surface area contributed by atoms with Gasteiger partial charge >= 0.3 is 0 Å². The minimum absolute atomic E-state index is 0.0731. The summed E-state index contributed by atoms with van der Waals surface area (Å²) in [5, 5.41) is 7.69. The van der Waals surface area contributed by atoms with Gasteiger partial charge in [-0.05, 0) is 49.3 Å². The zero-order valence-electron chi connectivity index (χ0n) is 13.2. The van der Waals surface area contributed by atoms with Crippen molar-refractivity contribution in [3.05, 3.63) is 57.5 Å². The van der Waals surface area contributed by atoms with E-state index < -0.39 is 0 Å². The molecule has 1 aliphatic heterocycles. The zero-order valence-corrected chi connectivity index (χ0v) is 14.0. The Balaban J connectivity index is 1.63. The van der Waals surface area contributed by atoms with Gasteiger partial charge in [-0.3, -0.25) is 4.79 Å². The van der Waals surface area contributed by atoms with E-state index in [1.807, 2.05) is 18.2 Å². The Hall–Kier alpha value is -2.07. The van der Waals surface area contributed by atoms with Crippen molar-refractivity contribution in [2.24, 2.45) is 0 Å². The van der Waals surface area contributed by atoms with Gasteiger partial charge in [-0.1, -0.05) is 36.4 Å². The summed E-state index contributed by atoms with van der Waals surface area (Å²) in [4.78, 5) is 14.0. The van der Waals surface area contributed by atoms with Crippen molar-refractivity contribution in [1.29, 1.82) is 0 Å². The predicted octanol–water partition coefficient (Wildman–Crippen LogP) is 4.21. The molecule has 1 unspecified atom stereocenters. The first-order chi connectivity index (χ1) is 11.2. The lowest BCUT2D eigenvalue weighted by molar-refractivity contribution is 0.0941. The monoisotopic (exact) mass is 324 g/mol. The van der Waals surface area contributed by atoms with Crippen LogP contribution in [0, 0.1) is 0 Å². The fourth-order valence-corrected chi connectivity index (χ4v) is 4.72. The molecule has 2 aliphatic rings. The van der Waals surface area contributed by atoms with E-state index in [0.29, 0.717) is 0 Å². The standard InChI is InChI=1S/C19H20N2OS/c1-12(11-13-7-3-2-4-8-13)17-20-18(22)16-14-9-5-6-10-15(14)23-19(16)21-17/h2-4,7-8,11,17,21H,5-6,9-10H2,1H3,(H,20,22)/b12-11-. The molecular formula is C19H20N2OS. The Morgan fingerprint density at radius 1 is 1.17 bits per heavy atom. The van der Waals surface area contributed by atoms with Crippen LogP contribution in [0.15, 0.2) is 35.9 Å². The van der Waals surface area contributed by atoms with Crippen molar-refractivity contribution >= 4 is 28.3 Å². The van der Waals surface area contributed by atoms with Gasteiger partial charge < -0.3 is 10.6 Å². The molecule has 2 aromatic rings. The van der Waals surface area contributed by atoms with Crippen molar-refractivity contribution < 1.29 is 4.79 Å². The molecular weight excluding hydrogens is 304 g/mol. The smallest absolute Gasteiger partial charge is 0.256 e. The van der Waals surface area contributed by atoms with Crippen molar-refractivity contribution in [3.63, 3.8) is 0 Å². The highest BCUT2D eigenvalue weighted by atomic mass is 32.1. The van der Waals surface area contributed by atoms with Crippen LogP contribution in [-0.4, -0.2) is 12.1 Å². The molecule has 2 heterocycles. The molecule has 3 nitrogen and oxygen atoms in total. The highest BCUT2D eigenvalue weighted by Crippen LogP contribution is 2.40. The molecule has 0 saturated carbocycles. The number of hydrogen-bond acceptors (Lipinski definition) is 3. The first-order valence-electron chi connectivity index (χ1n) is 8.17. The number of anilines is 1. The Morgan fingerprint density at radius 2 is 1.96 bits per heavy atom. The molecule has 1 atom stereocenters. The van der Waals surface area contributed by atoms with Crippen LogP contribution >= 0.6 is 11.3 Å². The molecule has 1 amide bonds. The summed E-state index contributed by atoms with van der Waals surface area (Å²) in [6.07, 6.45) is 6.58. The number of amides is 1. The molecule has 0 bridgehead atoms. The summed E-state index contributed by atoms with van der Waals surface area (Å²) in [5.41, 5.74) is 4.44. The first-order valence-corrected chi connectivity index (χ1v) is 8.99. The second kappa shape index (κ2) is 5.85. The Morgan fingerprint density at radius 3 is 2.78 bits per heavy atom. The van der Waals surface area contributed by atoms with E-state index in [1.54, 1.807) is 11.3 Å².